The zero-order valence-electron chi connectivity index (χ0n) is 12.3. The molecule has 3 N–H and O–H groups in total. The van der Waals surface area contributed by atoms with Crippen LogP contribution in [-0.4, -0.2) is 35.0 Å². The maximum atomic E-state index is 11.7. The molecule has 0 radical (unpaired) electrons. The van der Waals surface area contributed by atoms with Gasteiger partial charge in [-0.05, 0) is 38.5 Å². The van der Waals surface area contributed by atoms with Gasteiger partial charge in [0.25, 0.3) is 0 Å². The summed E-state index contributed by atoms with van der Waals surface area (Å²) < 4.78 is 9.89. The number of carbonyl (C=O) groups excluding carboxylic acids is 1. The molecule has 0 aliphatic heterocycles. The van der Waals surface area contributed by atoms with Crippen molar-refractivity contribution in [3.8, 4) is 11.5 Å². The topological polar surface area (TPSA) is 105 Å². The first-order valence-corrected chi connectivity index (χ1v) is 6.23. The molecule has 0 heterocycles. The molecule has 0 spiro atoms. The maximum absolute atomic E-state index is 11.7. The molecule has 1 aromatic carbocycles. The number of aromatic hydroxyl groups is 1. The molecule has 0 bridgehead atoms. The number of amides is 1. The molecule has 116 valence electrons. The van der Waals surface area contributed by atoms with Gasteiger partial charge in [0.2, 0.25) is 0 Å². The van der Waals surface area contributed by atoms with E-state index in [-0.39, 0.29) is 17.1 Å². The van der Waals surface area contributed by atoms with Gasteiger partial charge in [-0.15, -0.1) is 0 Å². The smallest absolute Gasteiger partial charge is 0.408 e. The van der Waals surface area contributed by atoms with E-state index in [1.807, 2.05) is 0 Å². The lowest BCUT2D eigenvalue weighted by Crippen LogP contribution is -2.38. The summed E-state index contributed by atoms with van der Waals surface area (Å²) in [6, 6.07) is 2.73. The Hall–Kier alpha value is -2.44. The lowest BCUT2D eigenvalue weighted by Gasteiger charge is -2.22. The van der Waals surface area contributed by atoms with E-state index < -0.39 is 23.7 Å². The number of rotatable bonds is 4. The molecule has 0 saturated heterocycles. The molecular weight excluding hydrogens is 278 g/mol. The Kier molecular flexibility index (Phi) is 5.02. The first kappa shape index (κ1) is 16.6. The van der Waals surface area contributed by atoms with Gasteiger partial charge in [-0.25, -0.2) is 9.59 Å². The second-order valence-corrected chi connectivity index (χ2v) is 5.35. The van der Waals surface area contributed by atoms with Crippen LogP contribution in [0.4, 0.5) is 4.79 Å². The SMILES string of the molecule is COc1ccc(C(NC(=O)OC(C)(C)C)C(=O)O)cc1O. The standard InChI is InChI=1S/C14H19NO6/c1-14(2,3)21-13(19)15-11(12(17)18)8-5-6-10(20-4)9(16)7-8/h5-7,11,16H,1-4H3,(H,15,19)(H,17,18). The van der Waals surface area contributed by atoms with E-state index in [1.54, 1.807) is 20.8 Å². The largest absolute Gasteiger partial charge is 0.504 e. The van der Waals surface area contributed by atoms with Crippen LogP contribution < -0.4 is 10.1 Å². The molecule has 0 aliphatic rings. The number of carboxylic acids is 1. The highest BCUT2D eigenvalue weighted by atomic mass is 16.6. The summed E-state index contributed by atoms with van der Waals surface area (Å²) >= 11 is 0. The van der Waals surface area contributed by atoms with Gasteiger partial charge in [0, 0.05) is 0 Å². The second kappa shape index (κ2) is 6.34. The van der Waals surface area contributed by atoms with Crippen LogP contribution in [0.2, 0.25) is 0 Å². The van der Waals surface area contributed by atoms with Gasteiger partial charge in [-0.3, -0.25) is 0 Å². The van der Waals surface area contributed by atoms with Crippen molar-refractivity contribution < 1.29 is 29.3 Å². The number of benzene rings is 1. The highest BCUT2D eigenvalue weighted by Crippen LogP contribution is 2.29. The van der Waals surface area contributed by atoms with Gasteiger partial charge in [0.05, 0.1) is 7.11 Å². The number of carbonyl (C=O) groups is 2. The molecule has 1 amide bonds. The van der Waals surface area contributed by atoms with Gasteiger partial charge in [-0.1, -0.05) is 6.07 Å². The highest BCUT2D eigenvalue weighted by Gasteiger charge is 2.26. The number of hydrogen-bond acceptors (Lipinski definition) is 5. The van der Waals surface area contributed by atoms with Crippen molar-refractivity contribution in [1.29, 1.82) is 0 Å². The predicted octanol–water partition coefficient (Wildman–Crippen LogP) is 2.05. The number of ether oxygens (including phenoxy) is 2. The van der Waals surface area contributed by atoms with Crippen LogP contribution in [0.25, 0.3) is 0 Å². The lowest BCUT2D eigenvalue weighted by atomic mass is 10.1. The molecule has 7 nitrogen and oxygen atoms in total. The number of aliphatic carboxylic acids is 1. The molecule has 1 unspecified atom stereocenters. The molecule has 1 atom stereocenters. The average Bonchev–Trinajstić information content (AvgIpc) is 2.33. The number of carboxylic acid groups (broad SMARTS) is 1. The molecule has 7 heteroatoms. The molecule has 1 rings (SSSR count). The summed E-state index contributed by atoms with van der Waals surface area (Å²) in [6.45, 7) is 5.00. The third kappa shape index (κ3) is 4.87. The third-order valence-corrected chi connectivity index (χ3v) is 2.44. The molecule has 0 saturated carbocycles. The summed E-state index contributed by atoms with van der Waals surface area (Å²) in [5.74, 6) is -1.28. The van der Waals surface area contributed by atoms with E-state index in [2.05, 4.69) is 5.32 Å². The van der Waals surface area contributed by atoms with Gasteiger partial charge >= 0.3 is 12.1 Å². The molecule has 0 aromatic heterocycles. The summed E-state index contributed by atoms with van der Waals surface area (Å²) in [5, 5.41) is 21.1. The molecule has 0 aliphatic carbocycles. The van der Waals surface area contributed by atoms with Crippen LogP contribution in [0.1, 0.15) is 32.4 Å². The molecule has 21 heavy (non-hydrogen) atoms. The minimum atomic E-state index is -1.34. The summed E-state index contributed by atoms with van der Waals surface area (Å²) in [7, 11) is 1.38. The quantitative estimate of drug-likeness (QED) is 0.785. The van der Waals surface area contributed by atoms with Crippen molar-refractivity contribution in [2.75, 3.05) is 7.11 Å². The van der Waals surface area contributed by atoms with Gasteiger partial charge in [-0.2, -0.15) is 0 Å². The van der Waals surface area contributed by atoms with Crippen molar-refractivity contribution >= 4 is 12.1 Å². The minimum Gasteiger partial charge on any atom is -0.504 e. The monoisotopic (exact) mass is 297 g/mol. The Morgan fingerprint density at radius 1 is 1.29 bits per heavy atom. The van der Waals surface area contributed by atoms with Crippen LogP contribution >= 0.6 is 0 Å². The van der Waals surface area contributed by atoms with Crippen LogP contribution in [0, 0.1) is 0 Å². The number of hydrogen-bond donors (Lipinski definition) is 3. The first-order chi connectivity index (χ1) is 9.64. The highest BCUT2D eigenvalue weighted by molar-refractivity contribution is 5.81. The van der Waals surface area contributed by atoms with Crippen molar-refractivity contribution in [3.63, 3.8) is 0 Å². The minimum absolute atomic E-state index is 0.201. The average molecular weight is 297 g/mol. The summed E-state index contributed by atoms with van der Waals surface area (Å²) in [4.78, 5) is 23.0. The second-order valence-electron chi connectivity index (χ2n) is 5.35. The molecule has 1 aromatic rings. The van der Waals surface area contributed by atoms with E-state index >= 15 is 0 Å². The van der Waals surface area contributed by atoms with E-state index in [0.29, 0.717) is 0 Å². The number of phenols is 1. The Balaban J connectivity index is 2.95. The van der Waals surface area contributed by atoms with Crippen molar-refractivity contribution in [1.82, 2.24) is 5.32 Å². The van der Waals surface area contributed by atoms with Crippen LogP contribution in [0.15, 0.2) is 18.2 Å². The van der Waals surface area contributed by atoms with E-state index in [9.17, 15) is 19.8 Å². The van der Waals surface area contributed by atoms with E-state index in [1.165, 1.54) is 25.3 Å². The Morgan fingerprint density at radius 3 is 2.33 bits per heavy atom. The van der Waals surface area contributed by atoms with Crippen molar-refractivity contribution in [2.45, 2.75) is 32.4 Å². The van der Waals surface area contributed by atoms with Crippen molar-refractivity contribution in [2.24, 2.45) is 0 Å². The number of nitrogens with one attached hydrogen (secondary N) is 1. The van der Waals surface area contributed by atoms with Crippen LogP contribution in [0.3, 0.4) is 0 Å². The number of alkyl carbamates (subject to hydrolysis) is 1. The molecular formula is C14H19NO6. The van der Waals surface area contributed by atoms with E-state index in [4.69, 9.17) is 9.47 Å². The summed E-state index contributed by atoms with van der Waals surface area (Å²) in [5.41, 5.74) is -0.540. The third-order valence-electron chi connectivity index (χ3n) is 2.44. The van der Waals surface area contributed by atoms with E-state index in [0.717, 1.165) is 0 Å². The first-order valence-electron chi connectivity index (χ1n) is 6.23. The maximum Gasteiger partial charge on any atom is 0.408 e. The van der Waals surface area contributed by atoms with Crippen LogP contribution in [0.5, 0.6) is 11.5 Å². The van der Waals surface area contributed by atoms with Gasteiger partial charge in [0.15, 0.2) is 17.5 Å². The Morgan fingerprint density at radius 2 is 1.90 bits per heavy atom. The van der Waals surface area contributed by atoms with Gasteiger partial charge in [0.1, 0.15) is 5.60 Å². The normalized spacial score (nSPS) is 12.4. The Bertz CT molecular complexity index is 535. The van der Waals surface area contributed by atoms with Crippen molar-refractivity contribution in [3.05, 3.63) is 23.8 Å². The molecule has 0 fully saturated rings. The Labute approximate surface area is 122 Å². The predicted molar refractivity (Wildman–Crippen MR) is 74.4 cm³/mol. The van der Waals surface area contributed by atoms with Gasteiger partial charge < -0.3 is 25.0 Å². The fraction of sp³-hybridized carbons (Fsp3) is 0.429. The zero-order chi connectivity index (χ0) is 16.2. The fourth-order valence-corrected chi connectivity index (χ4v) is 1.60. The summed E-state index contributed by atoms with van der Waals surface area (Å²) in [6.07, 6.45) is -0.856. The number of methoxy groups -OCH3 is 1. The van der Waals surface area contributed by atoms with Crippen LogP contribution in [-0.2, 0) is 9.53 Å². The number of phenolic OH excluding ortho intramolecular Hbond substituents is 1. The zero-order valence-corrected chi connectivity index (χ0v) is 12.3. The lowest BCUT2D eigenvalue weighted by molar-refractivity contribution is -0.139. The fourth-order valence-electron chi connectivity index (χ4n) is 1.60.